The van der Waals surface area contributed by atoms with E-state index in [2.05, 4.69) is 31.0 Å². The summed E-state index contributed by atoms with van der Waals surface area (Å²) in [6.07, 6.45) is 2.27. The van der Waals surface area contributed by atoms with Crippen LogP contribution in [0.25, 0.3) is 10.9 Å². The molecule has 2 heterocycles. The lowest BCUT2D eigenvalue weighted by Crippen LogP contribution is -2.29. The SMILES string of the molecule is CCOc1cc(C=Nn2c(C(C)(C)C)nc3ccc(Br)cc3c2=O)cc([N+](=O)[O-])c1Oc1ccc([N+](=O)[O-])cn1. The van der Waals surface area contributed by atoms with Crippen molar-refractivity contribution in [1.29, 1.82) is 0 Å². The Hall–Kier alpha value is -4.72. The maximum Gasteiger partial charge on any atom is 0.316 e. The molecule has 206 valence electrons. The van der Waals surface area contributed by atoms with Gasteiger partial charge in [0.1, 0.15) is 12.0 Å². The van der Waals surface area contributed by atoms with E-state index >= 15 is 0 Å². The van der Waals surface area contributed by atoms with E-state index in [1.807, 2.05) is 20.8 Å². The first kappa shape index (κ1) is 28.3. The Morgan fingerprint density at radius 1 is 1.10 bits per heavy atom. The molecule has 0 atom stereocenters. The second-order valence-electron chi connectivity index (χ2n) is 9.48. The van der Waals surface area contributed by atoms with Gasteiger partial charge in [-0.25, -0.2) is 9.97 Å². The van der Waals surface area contributed by atoms with Crippen LogP contribution in [0, 0.1) is 20.2 Å². The normalized spacial score (nSPS) is 11.6. The molecule has 0 amide bonds. The second-order valence-corrected chi connectivity index (χ2v) is 10.4. The summed E-state index contributed by atoms with van der Waals surface area (Å²) < 4.78 is 13.1. The summed E-state index contributed by atoms with van der Waals surface area (Å²) in [5, 5.41) is 27.6. The van der Waals surface area contributed by atoms with Gasteiger partial charge >= 0.3 is 5.69 Å². The average Bonchev–Trinajstić information content (AvgIpc) is 2.89. The van der Waals surface area contributed by atoms with E-state index in [1.54, 1.807) is 25.1 Å². The van der Waals surface area contributed by atoms with E-state index in [9.17, 15) is 25.0 Å². The van der Waals surface area contributed by atoms with Crippen LogP contribution in [0.15, 0.2) is 63.0 Å². The van der Waals surface area contributed by atoms with E-state index in [4.69, 9.17) is 9.47 Å². The Morgan fingerprint density at radius 3 is 2.45 bits per heavy atom. The summed E-state index contributed by atoms with van der Waals surface area (Å²) in [6, 6.07) is 10.2. The van der Waals surface area contributed by atoms with Crippen LogP contribution in [0.3, 0.4) is 0 Å². The molecule has 40 heavy (non-hydrogen) atoms. The smallest absolute Gasteiger partial charge is 0.316 e. The first-order valence-electron chi connectivity index (χ1n) is 11.9. The second kappa shape index (κ2) is 11.2. The van der Waals surface area contributed by atoms with E-state index in [1.165, 1.54) is 29.1 Å². The molecule has 4 rings (SSSR count). The minimum Gasteiger partial charge on any atom is -0.490 e. The van der Waals surface area contributed by atoms with Crippen molar-refractivity contribution in [2.75, 3.05) is 6.61 Å². The van der Waals surface area contributed by atoms with Gasteiger partial charge in [0.15, 0.2) is 5.75 Å². The predicted molar refractivity (Wildman–Crippen MR) is 151 cm³/mol. The zero-order chi connectivity index (χ0) is 29.2. The third-order valence-corrected chi connectivity index (χ3v) is 5.99. The van der Waals surface area contributed by atoms with Crippen LogP contribution in [0.4, 0.5) is 11.4 Å². The lowest BCUT2D eigenvalue weighted by molar-refractivity contribution is -0.385. The minimum atomic E-state index is -0.664. The fourth-order valence-corrected chi connectivity index (χ4v) is 4.06. The van der Waals surface area contributed by atoms with Gasteiger partial charge in [-0.15, -0.1) is 0 Å². The Morgan fingerprint density at radius 2 is 1.85 bits per heavy atom. The van der Waals surface area contributed by atoms with Crippen LogP contribution in [-0.4, -0.2) is 37.3 Å². The third-order valence-electron chi connectivity index (χ3n) is 5.49. The van der Waals surface area contributed by atoms with Gasteiger partial charge in [-0.2, -0.15) is 9.78 Å². The number of aromatic nitrogens is 3. The van der Waals surface area contributed by atoms with Gasteiger partial charge in [-0.1, -0.05) is 36.7 Å². The number of nitro groups is 2. The van der Waals surface area contributed by atoms with Crippen LogP contribution < -0.4 is 15.0 Å². The van der Waals surface area contributed by atoms with E-state index in [-0.39, 0.29) is 35.2 Å². The highest BCUT2D eigenvalue weighted by atomic mass is 79.9. The lowest BCUT2D eigenvalue weighted by Gasteiger charge is -2.20. The predicted octanol–water partition coefficient (Wildman–Crippen LogP) is 5.74. The van der Waals surface area contributed by atoms with Crippen molar-refractivity contribution in [3.8, 4) is 17.4 Å². The highest BCUT2D eigenvalue weighted by Gasteiger charge is 2.25. The van der Waals surface area contributed by atoms with Gasteiger partial charge < -0.3 is 9.47 Å². The van der Waals surface area contributed by atoms with Crippen LogP contribution in [0.1, 0.15) is 39.1 Å². The van der Waals surface area contributed by atoms with Gasteiger partial charge in [0.25, 0.3) is 11.2 Å². The molecule has 4 aromatic rings. The Kier molecular flexibility index (Phi) is 7.91. The largest absolute Gasteiger partial charge is 0.490 e. The number of fused-ring (bicyclic) bond motifs is 1. The number of nitro benzene ring substituents is 1. The number of rotatable bonds is 8. The molecule has 0 aliphatic heterocycles. The molecule has 0 aliphatic carbocycles. The standard InChI is InChI=1S/C26H23BrN6O7/c1-5-39-21-11-15(10-20(33(37)38)23(21)40-22-9-7-17(14-28-22)32(35)36)13-29-31-24(34)18-12-16(27)6-8-19(18)30-25(31)26(2,3)4/h6-14H,5H2,1-4H3. The average molecular weight is 611 g/mol. The quantitative estimate of drug-likeness (QED) is 0.137. The maximum absolute atomic E-state index is 13.4. The monoisotopic (exact) mass is 610 g/mol. The minimum absolute atomic E-state index is 0.0160. The van der Waals surface area contributed by atoms with Crippen molar-refractivity contribution in [3.63, 3.8) is 0 Å². The summed E-state index contributed by atoms with van der Waals surface area (Å²) in [7, 11) is 0. The summed E-state index contributed by atoms with van der Waals surface area (Å²) in [5.41, 5.74) is -0.928. The fraction of sp³-hybridized carbons (Fsp3) is 0.231. The molecular weight excluding hydrogens is 588 g/mol. The summed E-state index contributed by atoms with van der Waals surface area (Å²) in [6.45, 7) is 7.51. The van der Waals surface area contributed by atoms with Gasteiger partial charge in [0, 0.05) is 33.7 Å². The Balaban J connectivity index is 1.83. The van der Waals surface area contributed by atoms with Gasteiger partial charge in [0.05, 0.1) is 33.6 Å². The topological polar surface area (TPSA) is 165 Å². The molecule has 0 bridgehead atoms. The number of hydrogen-bond donors (Lipinski definition) is 0. The van der Waals surface area contributed by atoms with Gasteiger partial charge in [-0.3, -0.25) is 25.0 Å². The van der Waals surface area contributed by atoms with Crippen molar-refractivity contribution in [1.82, 2.24) is 14.6 Å². The molecule has 0 unspecified atom stereocenters. The van der Waals surface area contributed by atoms with Crippen LogP contribution in [0.5, 0.6) is 17.4 Å². The zero-order valence-corrected chi connectivity index (χ0v) is 23.4. The van der Waals surface area contributed by atoms with Crippen molar-refractivity contribution in [2.45, 2.75) is 33.1 Å². The zero-order valence-electron chi connectivity index (χ0n) is 21.8. The van der Waals surface area contributed by atoms with Crippen molar-refractivity contribution >= 4 is 44.4 Å². The Labute approximate surface area is 235 Å². The molecule has 0 saturated heterocycles. The molecule has 0 fully saturated rings. The lowest BCUT2D eigenvalue weighted by atomic mass is 9.95. The fourth-order valence-electron chi connectivity index (χ4n) is 3.69. The third kappa shape index (κ3) is 5.96. The number of benzene rings is 2. The van der Waals surface area contributed by atoms with Gasteiger partial charge in [-0.05, 0) is 31.2 Å². The molecule has 0 radical (unpaired) electrons. The van der Waals surface area contributed by atoms with Gasteiger partial charge in [0.2, 0.25) is 11.6 Å². The molecule has 0 saturated carbocycles. The molecular formula is C26H23BrN6O7. The van der Waals surface area contributed by atoms with E-state index in [0.717, 1.165) is 12.3 Å². The van der Waals surface area contributed by atoms with E-state index < -0.39 is 26.5 Å². The van der Waals surface area contributed by atoms with Crippen molar-refractivity contribution in [2.24, 2.45) is 5.10 Å². The first-order valence-corrected chi connectivity index (χ1v) is 12.7. The molecule has 13 nitrogen and oxygen atoms in total. The number of hydrogen-bond acceptors (Lipinski definition) is 10. The number of ether oxygens (including phenoxy) is 2. The van der Waals surface area contributed by atoms with Crippen molar-refractivity contribution in [3.05, 3.63) is 95.1 Å². The molecule has 0 spiro atoms. The number of halogens is 1. The summed E-state index contributed by atoms with van der Waals surface area (Å²) in [4.78, 5) is 43.6. The van der Waals surface area contributed by atoms with Crippen LogP contribution >= 0.6 is 15.9 Å². The maximum atomic E-state index is 13.4. The van der Waals surface area contributed by atoms with Crippen LogP contribution in [-0.2, 0) is 5.41 Å². The van der Waals surface area contributed by atoms with E-state index in [0.29, 0.717) is 21.2 Å². The molecule has 14 heteroatoms. The number of pyridine rings is 1. The highest BCUT2D eigenvalue weighted by Crippen LogP contribution is 2.41. The van der Waals surface area contributed by atoms with Crippen LogP contribution in [0.2, 0.25) is 0 Å². The molecule has 2 aromatic carbocycles. The summed E-state index contributed by atoms with van der Waals surface area (Å²) in [5.74, 6) is 0.0653. The van der Waals surface area contributed by atoms with Crippen molar-refractivity contribution < 1.29 is 19.3 Å². The molecule has 0 aliphatic rings. The summed E-state index contributed by atoms with van der Waals surface area (Å²) >= 11 is 3.37. The first-order chi connectivity index (χ1) is 18.9. The molecule has 2 aromatic heterocycles. The molecule has 0 N–H and O–H groups in total. The highest BCUT2D eigenvalue weighted by molar-refractivity contribution is 9.10. The number of nitrogens with zero attached hydrogens (tertiary/aromatic N) is 6. The Bertz CT molecular complexity index is 1710.